The van der Waals surface area contributed by atoms with Crippen LogP contribution in [0.3, 0.4) is 0 Å². The summed E-state index contributed by atoms with van der Waals surface area (Å²) in [4.78, 5) is 0. The molecule has 2 aromatic rings. The Bertz CT molecular complexity index is 601. The van der Waals surface area contributed by atoms with Gasteiger partial charge < -0.3 is 5.73 Å². The van der Waals surface area contributed by atoms with Crippen LogP contribution in [0.25, 0.3) is 0 Å². The largest absolute Gasteiger partial charge is 0.324 e. The van der Waals surface area contributed by atoms with E-state index in [-0.39, 0.29) is 11.1 Å². The van der Waals surface area contributed by atoms with Crippen molar-refractivity contribution in [3.8, 4) is 0 Å². The fourth-order valence-electron chi connectivity index (χ4n) is 1.98. The second-order valence-corrected chi connectivity index (χ2v) is 4.99. The molecule has 2 rings (SSSR count). The molecule has 1 atom stereocenters. The van der Waals surface area contributed by atoms with Gasteiger partial charge >= 0.3 is 0 Å². The van der Waals surface area contributed by atoms with Crippen molar-refractivity contribution in [1.29, 1.82) is 0 Å². The predicted molar refractivity (Wildman–Crippen MR) is 73.5 cm³/mol. The fraction of sp³-hybridized carbons (Fsp3) is 0.286. The highest BCUT2D eigenvalue weighted by molar-refractivity contribution is 6.30. The summed E-state index contributed by atoms with van der Waals surface area (Å²) in [7, 11) is 0. The second-order valence-electron chi connectivity index (χ2n) is 4.59. The highest BCUT2D eigenvalue weighted by Crippen LogP contribution is 2.21. The molecule has 1 aromatic heterocycles. The average Bonchev–Trinajstić information content (AvgIpc) is 2.36. The number of rotatable bonds is 3. The molecule has 100 valence electrons. The van der Waals surface area contributed by atoms with Crippen LogP contribution in [0.15, 0.2) is 24.3 Å². The number of nitrogens with zero attached hydrogens (tertiary/aromatic N) is 2. The van der Waals surface area contributed by atoms with Crippen molar-refractivity contribution in [2.45, 2.75) is 26.3 Å². The molecule has 0 aliphatic carbocycles. The van der Waals surface area contributed by atoms with E-state index in [9.17, 15) is 4.39 Å². The molecular formula is C14H15ClFN3. The molecule has 0 amide bonds. The lowest BCUT2D eigenvalue weighted by Crippen LogP contribution is -2.16. The van der Waals surface area contributed by atoms with Crippen LogP contribution in [0.4, 0.5) is 4.39 Å². The minimum absolute atomic E-state index is 0.120. The third-order valence-electron chi connectivity index (χ3n) is 2.98. The lowest BCUT2D eigenvalue weighted by Gasteiger charge is -2.14. The molecule has 0 aliphatic heterocycles. The lowest BCUT2D eigenvalue weighted by molar-refractivity contribution is 0.621. The number of hydrogen-bond acceptors (Lipinski definition) is 3. The molecule has 0 saturated heterocycles. The minimum Gasteiger partial charge on any atom is -0.324 e. The van der Waals surface area contributed by atoms with Gasteiger partial charge in [-0.15, -0.1) is 0 Å². The summed E-state index contributed by atoms with van der Waals surface area (Å²) >= 11 is 5.66. The smallest absolute Gasteiger partial charge is 0.142 e. The van der Waals surface area contributed by atoms with Gasteiger partial charge in [0.1, 0.15) is 5.82 Å². The summed E-state index contributed by atoms with van der Waals surface area (Å²) in [6.45, 7) is 3.73. The number of nitrogens with two attached hydrogens (primary N) is 1. The monoisotopic (exact) mass is 279 g/mol. The third kappa shape index (κ3) is 3.28. The summed E-state index contributed by atoms with van der Waals surface area (Å²) in [6.07, 6.45) is 0.528. The van der Waals surface area contributed by atoms with Gasteiger partial charge in [-0.3, -0.25) is 0 Å². The summed E-state index contributed by atoms with van der Waals surface area (Å²) in [5, 5.41) is 8.14. The van der Waals surface area contributed by atoms with E-state index in [1.165, 1.54) is 6.07 Å². The molecule has 1 heterocycles. The molecule has 0 radical (unpaired) electrons. The van der Waals surface area contributed by atoms with E-state index >= 15 is 0 Å². The van der Waals surface area contributed by atoms with Crippen LogP contribution in [0.5, 0.6) is 0 Å². The van der Waals surface area contributed by atoms with Crippen LogP contribution in [0, 0.1) is 19.7 Å². The first-order chi connectivity index (χ1) is 8.97. The van der Waals surface area contributed by atoms with Crippen LogP contribution in [-0.2, 0) is 6.42 Å². The first-order valence-corrected chi connectivity index (χ1v) is 6.35. The molecule has 0 saturated carbocycles. The molecule has 2 N–H and O–H groups in total. The zero-order chi connectivity index (χ0) is 14.0. The van der Waals surface area contributed by atoms with E-state index in [4.69, 9.17) is 17.3 Å². The van der Waals surface area contributed by atoms with E-state index < -0.39 is 5.82 Å². The maximum atomic E-state index is 13.4. The van der Waals surface area contributed by atoms with Crippen molar-refractivity contribution < 1.29 is 4.39 Å². The Morgan fingerprint density at radius 3 is 2.68 bits per heavy atom. The molecule has 0 fully saturated rings. The quantitative estimate of drug-likeness (QED) is 0.939. The highest BCUT2D eigenvalue weighted by atomic mass is 35.5. The van der Waals surface area contributed by atoms with Gasteiger partial charge in [0.2, 0.25) is 0 Å². The Labute approximate surface area is 116 Å². The van der Waals surface area contributed by atoms with Crippen molar-refractivity contribution in [2.24, 2.45) is 5.73 Å². The molecule has 5 heteroatoms. The fourth-order valence-corrected chi connectivity index (χ4v) is 2.09. The van der Waals surface area contributed by atoms with Gasteiger partial charge in [0.25, 0.3) is 0 Å². The Morgan fingerprint density at radius 1 is 1.26 bits per heavy atom. The van der Waals surface area contributed by atoms with Gasteiger partial charge in [0, 0.05) is 6.04 Å². The molecule has 19 heavy (non-hydrogen) atoms. The van der Waals surface area contributed by atoms with Crippen molar-refractivity contribution in [3.05, 3.63) is 57.6 Å². The van der Waals surface area contributed by atoms with E-state index in [1.807, 2.05) is 19.9 Å². The van der Waals surface area contributed by atoms with Gasteiger partial charge in [0.05, 0.1) is 16.4 Å². The van der Waals surface area contributed by atoms with E-state index in [2.05, 4.69) is 10.2 Å². The number of benzene rings is 1. The van der Waals surface area contributed by atoms with Crippen molar-refractivity contribution in [2.75, 3.05) is 0 Å². The van der Waals surface area contributed by atoms with Crippen LogP contribution in [-0.4, -0.2) is 10.2 Å². The zero-order valence-electron chi connectivity index (χ0n) is 10.8. The Hall–Kier alpha value is -1.52. The van der Waals surface area contributed by atoms with E-state index in [0.717, 1.165) is 22.5 Å². The number of aromatic nitrogens is 2. The topological polar surface area (TPSA) is 51.8 Å². The molecule has 3 nitrogen and oxygen atoms in total. The van der Waals surface area contributed by atoms with Gasteiger partial charge in [-0.1, -0.05) is 17.7 Å². The van der Waals surface area contributed by atoms with E-state index in [0.29, 0.717) is 6.42 Å². The second kappa shape index (κ2) is 5.63. The van der Waals surface area contributed by atoms with Crippen LogP contribution in [0.2, 0.25) is 5.02 Å². The van der Waals surface area contributed by atoms with E-state index in [1.54, 1.807) is 12.1 Å². The molecule has 0 aliphatic rings. The van der Waals surface area contributed by atoms with Crippen LogP contribution < -0.4 is 5.73 Å². The first kappa shape index (κ1) is 13.9. The third-order valence-corrected chi connectivity index (χ3v) is 3.29. The lowest BCUT2D eigenvalue weighted by atomic mass is 9.98. The Balaban J connectivity index is 2.22. The summed E-state index contributed by atoms with van der Waals surface area (Å²) in [6, 6.07) is 6.41. The van der Waals surface area contributed by atoms with Crippen molar-refractivity contribution in [1.82, 2.24) is 10.2 Å². The maximum absolute atomic E-state index is 13.4. The summed E-state index contributed by atoms with van der Waals surface area (Å²) < 4.78 is 13.4. The molecule has 1 aromatic carbocycles. The number of hydrogen-bond donors (Lipinski definition) is 1. The standard InChI is InChI=1S/C14H15ClFN3/c1-8-5-11(9(2)19-18-8)14(17)7-10-3-4-12(15)13(16)6-10/h3-6,14H,7,17H2,1-2H3. The average molecular weight is 280 g/mol. The normalized spacial score (nSPS) is 12.5. The molecule has 0 bridgehead atoms. The van der Waals surface area contributed by atoms with Crippen molar-refractivity contribution in [3.63, 3.8) is 0 Å². The van der Waals surface area contributed by atoms with Gasteiger partial charge in [0.15, 0.2) is 0 Å². The SMILES string of the molecule is Cc1cc(C(N)Cc2ccc(Cl)c(F)c2)c(C)nn1. The minimum atomic E-state index is -0.424. The molecule has 0 spiro atoms. The Kier molecular flexibility index (Phi) is 4.12. The molecule has 1 unspecified atom stereocenters. The number of halogens is 2. The van der Waals surface area contributed by atoms with Crippen LogP contribution >= 0.6 is 11.6 Å². The Morgan fingerprint density at radius 2 is 2.00 bits per heavy atom. The number of aryl methyl sites for hydroxylation is 2. The predicted octanol–water partition coefficient (Wildman–Crippen LogP) is 3.13. The van der Waals surface area contributed by atoms with Gasteiger partial charge in [-0.2, -0.15) is 10.2 Å². The maximum Gasteiger partial charge on any atom is 0.142 e. The summed E-state index contributed by atoms with van der Waals surface area (Å²) in [5.41, 5.74) is 9.52. The molecular weight excluding hydrogens is 265 g/mol. The summed E-state index contributed by atoms with van der Waals surface area (Å²) in [5.74, 6) is -0.424. The van der Waals surface area contributed by atoms with Gasteiger partial charge in [-0.05, 0) is 49.6 Å². The highest BCUT2D eigenvalue weighted by Gasteiger charge is 2.12. The zero-order valence-corrected chi connectivity index (χ0v) is 11.6. The first-order valence-electron chi connectivity index (χ1n) is 5.97. The van der Waals surface area contributed by atoms with Crippen LogP contribution in [0.1, 0.15) is 28.6 Å². The van der Waals surface area contributed by atoms with Gasteiger partial charge in [-0.25, -0.2) is 4.39 Å². The van der Waals surface area contributed by atoms with Crippen molar-refractivity contribution >= 4 is 11.6 Å².